The molecule has 4 rings (SSSR count). The molecule has 2 N–H and O–H groups in total. The molecule has 2 aromatic rings. The van der Waals surface area contributed by atoms with Gasteiger partial charge in [-0.25, -0.2) is 0 Å². The van der Waals surface area contributed by atoms with Gasteiger partial charge in [-0.05, 0) is 55.0 Å². The minimum absolute atomic E-state index is 0.0723. The second kappa shape index (κ2) is 7.33. The topological polar surface area (TPSA) is 70.1 Å². The predicted molar refractivity (Wildman–Crippen MR) is 108 cm³/mol. The molecule has 0 fully saturated rings. The summed E-state index contributed by atoms with van der Waals surface area (Å²) in [4.78, 5) is 15.3. The number of nitrogens with zero attached hydrogens (tertiary/aromatic N) is 2. The predicted octanol–water partition coefficient (Wildman–Crippen LogP) is 5.38. The van der Waals surface area contributed by atoms with Gasteiger partial charge in [-0.1, -0.05) is 6.07 Å². The van der Waals surface area contributed by atoms with E-state index in [2.05, 4.69) is 6.07 Å². The number of alkyl halides is 3. The number of anilines is 1. The van der Waals surface area contributed by atoms with E-state index in [4.69, 9.17) is 5.73 Å². The highest BCUT2D eigenvalue weighted by Gasteiger charge is 2.41. The first-order valence-electron chi connectivity index (χ1n) is 9.41. The summed E-state index contributed by atoms with van der Waals surface area (Å²) >= 11 is 1.44. The molecule has 1 aromatic heterocycles. The lowest BCUT2D eigenvalue weighted by Crippen LogP contribution is -2.38. The molecular weight excluding hydrogens is 411 g/mol. The van der Waals surface area contributed by atoms with Gasteiger partial charge >= 0.3 is 6.18 Å². The molecule has 30 heavy (non-hydrogen) atoms. The number of halogens is 3. The Morgan fingerprint density at radius 1 is 1.27 bits per heavy atom. The summed E-state index contributed by atoms with van der Waals surface area (Å²) in [6, 6.07) is 8.84. The fraction of sp³-hybridized carbons (Fsp3) is 0.273. The van der Waals surface area contributed by atoms with Crippen LogP contribution in [0.4, 0.5) is 18.9 Å². The number of ketones is 1. The van der Waals surface area contributed by atoms with E-state index in [1.54, 1.807) is 0 Å². The van der Waals surface area contributed by atoms with Gasteiger partial charge in [-0.3, -0.25) is 9.69 Å². The van der Waals surface area contributed by atoms with Crippen molar-refractivity contribution in [1.82, 2.24) is 0 Å². The lowest BCUT2D eigenvalue weighted by molar-refractivity contribution is -0.137. The van der Waals surface area contributed by atoms with E-state index in [-0.39, 0.29) is 22.9 Å². The number of aryl methyl sites for hydroxylation is 1. The molecule has 8 heteroatoms. The third-order valence-corrected chi connectivity index (χ3v) is 6.59. The normalized spacial score (nSPS) is 19.8. The van der Waals surface area contributed by atoms with E-state index in [0.717, 1.165) is 22.6 Å². The van der Waals surface area contributed by atoms with E-state index in [9.17, 15) is 23.2 Å². The van der Waals surface area contributed by atoms with Crippen molar-refractivity contribution in [3.05, 3.63) is 74.4 Å². The van der Waals surface area contributed by atoms with Gasteiger partial charge in [0.1, 0.15) is 5.82 Å². The quantitative estimate of drug-likeness (QED) is 0.696. The van der Waals surface area contributed by atoms with Crippen molar-refractivity contribution < 1.29 is 18.0 Å². The number of carbonyl (C=O) groups excluding carboxylic acids is 1. The number of benzene rings is 1. The maximum absolute atomic E-state index is 13.3. The number of thiophene rings is 1. The fourth-order valence-electron chi connectivity index (χ4n) is 4.15. The van der Waals surface area contributed by atoms with Gasteiger partial charge in [0.05, 0.1) is 23.1 Å². The highest BCUT2D eigenvalue weighted by molar-refractivity contribution is 7.10. The minimum Gasteiger partial charge on any atom is -0.384 e. The molecule has 2 aliphatic rings. The van der Waals surface area contributed by atoms with Gasteiger partial charge in [0.15, 0.2) is 5.78 Å². The Bertz CT molecular complexity index is 1140. The molecule has 1 unspecified atom stereocenters. The summed E-state index contributed by atoms with van der Waals surface area (Å²) in [6.07, 6.45) is -3.09. The smallest absolute Gasteiger partial charge is 0.384 e. The van der Waals surface area contributed by atoms with Gasteiger partial charge in [-0.2, -0.15) is 18.4 Å². The van der Waals surface area contributed by atoms with E-state index < -0.39 is 17.7 Å². The zero-order valence-electron chi connectivity index (χ0n) is 16.1. The molecule has 1 aliphatic carbocycles. The highest BCUT2D eigenvalue weighted by atomic mass is 32.1. The first-order valence-corrected chi connectivity index (χ1v) is 10.3. The number of Topliss-reactive ketones (excluding diaryl/α,β-unsaturated/α-hetero) is 1. The number of hydrogen-bond donors (Lipinski definition) is 1. The van der Waals surface area contributed by atoms with Crippen LogP contribution in [0.15, 0.2) is 58.4 Å². The Morgan fingerprint density at radius 2 is 2.03 bits per heavy atom. The van der Waals surface area contributed by atoms with Gasteiger partial charge < -0.3 is 5.73 Å². The van der Waals surface area contributed by atoms with Crippen LogP contribution in [0, 0.1) is 18.3 Å². The van der Waals surface area contributed by atoms with Crippen molar-refractivity contribution in [2.45, 2.75) is 38.3 Å². The van der Waals surface area contributed by atoms with E-state index in [1.165, 1.54) is 28.4 Å². The van der Waals surface area contributed by atoms with E-state index >= 15 is 0 Å². The van der Waals surface area contributed by atoms with Crippen LogP contribution < -0.4 is 10.6 Å². The van der Waals surface area contributed by atoms with Crippen molar-refractivity contribution in [3.63, 3.8) is 0 Å². The number of carbonyl (C=O) groups is 1. The maximum atomic E-state index is 13.3. The SMILES string of the molecule is Cc1ccsc1C1C(C#N)=C(N)N(c2cccc(C(F)(F)F)c2)C2=C1C(=O)CCC2. The first-order chi connectivity index (χ1) is 14.2. The second-order valence-corrected chi connectivity index (χ2v) is 8.28. The Morgan fingerprint density at radius 3 is 2.67 bits per heavy atom. The van der Waals surface area contributed by atoms with Crippen molar-refractivity contribution in [2.24, 2.45) is 5.73 Å². The molecule has 0 spiro atoms. The molecule has 1 atom stereocenters. The highest BCUT2D eigenvalue weighted by Crippen LogP contribution is 2.48. The number of allylic oxidation sites excluding steroid dienone is 3. The monoisotopic (exact) mass is 429 g/mol. The van der Waals surface area contributed by atoms with Gasteiger partial charge in [0, 0.05) is 28.3 Å². The Labute approximate surface area is 175 Å². The standard InChI is InChI=1S/C22H18F3N3OS/c1-12-8-9-30-20(12)18-15(11-26)21(27)28(16-6-3-7-17(29)19(16)18)14-5-2-4-13(10-14)22(23,24)25/h2,4-5,8-10,18H,3,6-7,27H2,1H3. The van der Waals surface area contributed by atoms with Crippen LogP contribution in [0.1, 0.15) is 41.2 Å². The van der Waals surface area contributed by atoms with Crippen LogP contribution in [0.2, 0.25) is 0 Å². The third-order valence-electron chi connectivity index (χ3n) is 5.51. The average Bonchev–Trinajstić information content (AvgIpc) is 3.12. The van der Waals surface area contributed by atoms with Gasteiger partial charge in [0.25, 0.3) is 0 Å². The van der Waals surface area contributed by atoms with Crippen LogP contribution in [-0.2, 0) is 11.0 Å². The van der Waals surface area contributed by atoms with E-state index in [1.807, 2.05) is 18.4 Å². The number of nitriles is 1. The maximum Gasteiger partial charge on any atom is 0.416 e. The molecule has 154 valence electrons. The van der Waals surface area contributed by atoms with Gasteiger partial charge in [0.2, 0.25) is 0 Å². The summed E-state index contributed by atoms with van der Waals surface area (Å²) in [7, 11) is 0. The van der Waals surface area contributed by atoms with Gasteiger partial charge in [-0.15, -0.1) is 11.3 Å². The molecule has 0 saturated carbocycles. The molecule has 0 bridgehead atoms. The van der Waals surface area contributed by atoms with Crippen LogP contribution in [0.25, 0.3) is 0 Å². The van der Waals surface area contributed by atoms with Crippen molar-refractivity contribution in [1.29, 1.82) is 5.26 Å². The average molecular weight is 429 g/mol. The second-order valence-electron chi connectivity index (χ2n) is 7.33. The number of hydrogen-bond acceptors (Lipinski definition) is 5. The molecule has 0 radical (unpaired) electrons. The lowest BCUT2D eigenvalue weighted by atomic mass is 9.77. The summed E-state index contributed by atoms with van der Waals surface area (Å²) in [5.74, 6) is -0.603. The summed E-state index contributed by atoms with van der Waals surface area (Å²) in [5, 5.41) is 11.8. The Kier molecular flexibility index (Phi) is 4.94. The zero-order chi connectivity index (χ0) is 21.6. The van der Waals surface area contributed by atoms with Crippen molar-refractivity contribution in [2.75, 3.05) is 4.90 Å². The molecule has 0 amide bonds. The summed E-state index contributed by atoms with van der Waals surface area (Å²) < 4.78 is 39.9. The first kappa shape index (κ1) is 20.2. The lowest BCUT2D eigenvalue weighted by Gasteiger charge is -2.39. The fourth-order valence-corrected chi connectivity index (χ4v) is 5.19. The molecule has 1 aliphatic heterocycles. The Balaban J connectivity index is 1.96. The molecule has 2 heterocycles. The third kappa shape index (κ3) is 3.19. The molecule has 4 nitrogen and oxygen atoms in total. The van der Waals surface area contributed by atoms with Crippen LogP contribution >= 0.6 is 11.3 Å². The molecular formula is C22H18F3N3OS. The minimum atomic E-state index is -4.52. The largest absolute Gasteiger partial charge is 0.416 e. The Hall–Kier alpha value is -3.05. The number of nitrogens with two attached hydrogens (primary N) is 1. The zero-order valence-corrected chi connectivity index (χ0v) is 16.9. The van der Waals surface area contributed by atoms with Crippen LogP contribution in [0.5, 0.6) is 0 Å². The summed E-state index contributed by atoms with van der Waals surface area (Å²) in [6.45, 7) is 1.91. The van der Waals surface area contributed by atoms with E-state index in [0.29, 0.717) is 30.5 Å². The van der Waals surface area contributed by atoms with Crippen LogP contribution in [0.3, 0.4) is 0 Å². The van der Waals surface area contributed by atoms with Crippen molar-refractivity contribution >= 4 is 22.8 Å². The molecule has 1 aromatic carbocycles. The van der Waals surface area contributed by atoms with Crippen LogP contribution in [-0.4, -0.2) is 5.78 Å². The van der Waals surface area contributed by atoms with Crippen molar-refractivity contribution in [3.8, 4) is 6.07 Å². The summed E-state index contributed by atoms with van der Waals surface area (Å²) in [5.41, 5.74) is 7.95. The number of rotatable bonds is 2. The molecule has 0 saturated heterocycles.